The molecule has 3 unspecified atom stereocenters. The number of hydrogen-bond acceptors (Lipinski definition) is 5. The Morgan fingerprint density at radius 3 is 2.47 bits per heavy atom. The predicted octanol–water partition coefficient (Wildman–Crippen LogP) is 1.88. The van der Waals surface area contributed by atoms with Crippen LogP contribution in [0.4, 0.5) is 0 Å². The van der Waals surface area contributed by atoms with Gasteiger partial charge in [0, 0.05) is 30.1 Å². The van der Waals surface area contributed by atoms with Crippen LogP contribution in [0.1, 0.15) is 47.8 Å². The van der Waals surface area contributed by atoms with E-state index in [1.54, 1.807) is 24.3 Å². The van der Waals surface area contributed by atoms with Crippen molar-refractivity contribution in [1.82, 2.24) is 20.9 Å². The minimum atomic E-state index is -3.64. The summed E-state index contributed by atoms with van der Waals surface area (Å²) in [4.78, 5) is 12.8. The zero-order valence-electron chi connectivity index (χ0n) is 17.2. The molecule has 4 rings (SSSR count). The SMILES string of the molecule is CC1NNC(C)C1CNS(=O)(=O)c1ccc2c(c1)C(NC(=O)c1ccccc1)CC2. The number of amides is 1. The second kappa shape index (κ2) is 8.47. The smallest absolute Gasteiger partial charge is 0.251 e. The molecule has 30 heavy (non-hydrogen) atoms. The highest BCUT2D eigenvalue weighted by molar-refractivity contribution is 7.89. The van der Waals surface area contributed by atoms with E-state index < -0.39 is 10.0 Å². The lowest BCUT2D eigenvalue weighted by molar-refractivity contribution is 0.0936. The Bertz CT molecular complexity index is 1020. The van der Waals surface area contributed by atoms with Gasteiger partial charge >= 0.3 is 0 Å². The minimum Gasteiger partial charge on any atom is -0.345 e. The Balaban J connectivity index is 1.49. The molecule has 1 aliphatic carbocycles. The van der Waals surface area contributed by atoms with Crippen molar-refractivity contribution in [3.05, 3.63) is 65.2 Å². The second-order valence-electron chi connectivity index (χ2n) is 8.17. The van der Waals surface area contributed by atoms with E-state index in [2.05, 4.69) is 20.9 Å². The number of carbonyl (C=O) groups excluding carboxylic acids is 1. The van der Waals surface area contributed by atoms with Crippen molar-refractivity contribution in [3.63, 3.8) is 0 Å². The molecule has 2 aromatic carbocycles. The number of rotatable bonds is 6. The Kier molecular flexibility index (Phi) is 5.92. The summed E-state index contributed by atoms with van der Waals surface area (Å²) in [5.41, 5.74) is 8.84. The number of fused-ring (bicyclic) bond motifs is 1. The Hall–Kier alpha value is -2.26. The first-order chi connectivity index (χ1) is 14.3. The molecule has 1 aliphatic heterocycles. The molecule has 4 N–H and O–H groups in total. The zero-order chi connectivity index (χ0) is 21.3. The normalized spacial score (nSPS) is 25.8. The van der Waals surface area contributed by atoms with Crippen LogP contribution >= 0.6 is 0 Å². The van der Waals surface area contributed by atoms with Crippen molar-refractivity contribution in [2.24, 2.45) is 5.92 Å². The summed E-state index contributed by atoms with van der Waals surface area (Å²) >= 11 is 0. The van der Waals surface area contributed by atoms with E-state index in [9.17, 15) is 13.2 Å². The van der Waals surface area contributed by atoms with Crippen molar-refractivity contribution in [2.45, 2.75) is 49.7 Å². The lowest BCUT2D eigenvalue weighted by Crippen LogP contribution is -2.37. The Morgan fingerprint density at radius 2 is 1.77 bits per heavy atom. The molecule has 1 saturated heterocycles. The van der Waals surface area contributed by atoms with E-state index in [4.69, 9.17) is 0 Å². The maximum atomic E-state index is 12.9. The molecular weight excluding hydrogens is 400 g/mol. The first-order valence-corrected chi connectivity index (χ1v) is 11.8. The van der Waals surface area contributed by atoms with Crippen LogP contribution in [0, 0.1) is 5.92 Å². The van der Waals surface area contributed by atoms with Gasteiger partial charge in [-0.2, -0.15) is 0 Å². The number of aryl methyl sites for hydroxylation is 1. The van der Waals surface area contributed by atoms with Gasteiger partial charge in [-0.1, -0.05) is 24.3 Å². The molecular formula is C22H28N4O3S. The van der Waals surface area contributed by atoms with E-state index >= 15 is 0 Å². The van der Waals surface area contributed by atoms with Gasteiger partial charge in [0.05, 0.1) is 10.9 Å². The van der Waals surface area contributed by atoms with E-state index in [0.717, 1.165) is 24.0 Å². The van der Waals surface area contributed by atoms with Crippen molar-refractivity contribution in [3.8, 4) is 0 Å². The van der Waals surface area contributed by atoms with Crippen LogP contribution in [-0.4, -0.2) is 33.0 Å². The summed E-state index contributed by atoms with van der Waals surface area (Å²) in [5.74, 6) is 0.0103. The number of hydrogen-bond donors (Lipinski definition) is 4. The van der Waals surface area contributed by atoms with E-state index in [1.165, 1.54) is 0 Å². The molecule has 0 saturated carbocycles. The van der Waals surface area contributed by atoms with E-state index in [-0.39, 0.29) is 34.8 Å². The third kappa shape index (κ3) is 4.27. The highest BCUT2D eigenvalue weighted by Gasteiger charge is 2.31. The number of nitrogens with one attached hydrogen (secondary N) is 4. The third-order valence-corrected chi connectivity index (χ3v) is 7.60. The predicted molar refractivity (Wildman–Crippen MR) is 115 cm³/mol. The fourth-order valence-corrected chi connectivity index (χ4v) is 5.39. The van der Waals surface area contributed by atoms with Gasteiger partial charge in [-0.15, -0.1) is 0 Å². The molecule has 2 aliphatic rings. The topological polar surface area (TPSA) is 99.3 Å². The first kappa shape index (κ1) is 21.0. The molecule has 0 spiro atoms. The van der Waals surface area contributed by atoms with Crippen molar-refractivity contribution in [1.29, 1.82) is 0 Å². The van der Waals surface area contributed by atoms with Crippen LogP contribution in [0.15, 0.2) is 53.4 Å². The number of sulfonamides is 1. The largest absolute Gasteiger partial charge is 0.345 e. The molecule has 0 bridgehead atoms. The molecule has 8 heteroatoms. The average molecular weight is 429 g/mol. The van der Waals surface area contributed by atoms with Crippen molar-refractivity contribution < 1.29 is 13.2 Å². The van der Waals surface area contributed by atoms with Gasteiger partial charge < -0.3 is 5.32 Å². The van der Waals surface area contributed by atoms with Gasteiger partial charge in [0.15, 0.2) is 0 Å². The molecule has 2 aromatic rings. The maximum Gasteiger partial charge on any atom is 0.251 e. The maximum absolute atomic E-state index is 12.9. The fraction of sp³-hybridized carbons (Fsp3) is 0.409. The summed E-state index contributed by atoms with van der Waals surface area (Å²) in [6.07, 6.45) is 1.58. The molecule has 1 fully saturated rings. The van der Waals surface area contributed by atoms with Crippen molar-refractivity contribution in [2.75, 3.05) is 6.54 Å². The summed E-state index contributed by atoms with van der Waals surface area (Å²) in [7, 11) is -3.64. The zero-order valence-corrected chi connectivity index (χ0v) is 18.0. The first-order valence-electron chi connectivity index (χ1n) is 10.3. The third-order valence-electron chi connectivity index (χ3n) is 6.18. The Labute approximate surface area is 177 Å². The summed E-state index contributed by atoms with van der Waals surface area (Å²) in [5, 5.41) is 3.05. The number of hydrazine groups is 1. The van der Waals surface area contributed by atoms with Gasteiger partial charge in [-0.05, 0) is 62.1 Å². The molecule has 160 valence electrons. The van der Waals surface area contributed by atoms with Crippen LogP contribution in [0.3, 0.4) is 0 Å². The van der Waals surface area contributed by atoms with Crippen LogP contribution in [-0.2, 0) is 16.4 Å². The van der Waals surface area contributed by atoms with Crippen LogP contribution < -0.4 is 20.9 Å². The Morgan fingerprint density at radius 1 is 1.07 bits per heavy atom. The van der Waals surface area contributed by atoms with Crippen molar-refractivity contribution >= 4 is 15.9 Å². The number of carbonyl (C=O) groups is 1. The van der Waals surface area contributed by atoms with E-state index in [1.807, 2.05) is 38.1 Å². The van der Waals surface area contributed by atoms with Crippen LogP contribution in [0.25, 0.3) is 0 Å². The monoisotopic (exact) mass is 428 g/mol. The molecule has 1 heterocycles. The summed E-state index contributed by atoms with van der Waals surface area (Å²) < 4.78 is 28.6. The molecule has 0 radical (unpaired) electrons. The quantitative estimate of drug-likeness (QED) is 0.563. The van der Waals surface area contributed by atoms with E-state index in [0.29, 0.717) is 12.1 Å². The highest BCUT2D eigenvalue weighted by atomic mass is 32.2. The number of benzene rings is 2. The molecule has 7 nitrogen and oxygen atoms in total. The summed E-state index contributed by atoms with van der Waals surface area (Å²) in [6, 6.07) is 14.4. The second-order valence-corrected chi connectivity index (χ2v) is 9.94. The van der Waals surface area contributed by atoms with Crippen LogP contribution in [0.5, 0.6) is 0 Å². The van der Waals surface area contributed by atoms with Crippen LogP contribution in [0.2, 0.25) is 0 Å². The van der Waals surface area contributed by atoms with Gasteiger partial charge in [0.25, 0.3) is 5.91 Å². The highest BCUT2D eigenvalue weighted by Crippen LogP contribution is 2.33. The molecule has 3 atom stereocenters. The van der Waals surface area contributed by atoms with Gasteiger partial charge in [-0.3, -0.25) is 15.6 Å². The van der Waals surface area contributed by atoms with Gasteiger partial charge in [0.1, 0.15) is 0 Å². The minimum absolute atomic E-state index is 0.149. The lowest BCUT2D eigenvalue weighted by Gasteiger charge is -2.19. The fourth-order valence-electron chi connectivity index (χ4n) is 4.28. The summed E-state index contributed by atoms with van der Waals surface area (Å²) in [6.45, 7) is 4.42. The molecule has 1 amide bonds. The lowest BCUT2D eigenvalue weighted by atomic mass is 9.97. The standard InChI is InChI=1S/C22H28N4O3S/c1-14-20(15(2)26-25-14)13-23-30(28,29)18-10-8-16-9-11-21(19(16)12-18)24-22(27)17-6-4-3-5-7-17/h3-8,10,12,14-15,20-21,23,25-26H,9,11,13H2,1-2H3,(H,24,27). The average Bonchev–Trinajstić information content (AvgIpc) is 3.29. The molecule has 0 aromatic heterocycles. The van der Waals surface area contributed by atoms with Gasteiger partial charge in [-0.25, -0.2) is 13.1 Å². The van der Waals surface area contributed by atoms with Gasteiger partial charge in [0.2, 0.25) is 10.0 Å².